The molecule has 0 unspecified atom stereocenters. The third-order valence-electron chi connectivity index (χ3n) is 2.75. The van der Waals surface area contributed by atoms with Gasteiger partial charge in [-0.15, -0.1) is 0 Å². The van der Waals surface area contributed by atoms with Crippen molar-refractivity contribution in [2.24, 2.45) is 0 Å². The molecule has 1 aromatic carbocycles. The van der Waals surface area contributed by atoms with E-state index < -0.39 is 0 Å². The molecule has 0 aliphatic heterocycles. The second-order valence-electron chi connectivity index (χ2n) is 5.24. The molecule has 0 atom stereocenters. The fraction of sp³-hybridized carbons (Fsp3) is 0.571. The van der Waals surface area contributed by atoms with Crippen LogP contribution in [-0.4, -0.2) is 43.1 Å². The summed E-state index contributed by atoms with van der Waals surface area (Å²) in [6.45, 7) is 5.97. The highest BCUT2D eigenvalue weighted by atomic mass is 16.6. The van der Waals surface area contributed by atoms with Gasteiger partial charge in [0.25, 0.3) is 5.69 Å². The van der Waals surface area contributed by atoms with Gasteiger partial charge in [-0.25, -0.2) is 0 Å². The van der Waals surface area contributed by atoms with Gasteiger partial charge in [-0.05, 0) is 20.2 Å². The molecule has 0 heterocycles. The second-order valence-corrected chi connectivity index (χ2v) is 5.24. The quantitative estimate of drug-likeness (QED) is 0.583. The summed E-state index contributed by atoms with van der Waals surface area (Å²) < 4.78 is 5.71. The number of benzene rings is 1. The van der Waals surface area contributed by atoms with Crippen LogP contribution in [0.1, 0.15) is 19.4 Å². The van der Waals surface area contributed by atoms with Crippen LogP contribution in [-0.2, 0) is 6.54 Å². The predicted octanol–water partition coefficient (Wildman–Crippen LogP) is 2.03. The van der Waals surface area contributed by atoms with E-state index in [0.717, 1.165) is 12.1 Å². The smallest absolute Gasteiger partial charge is 0.270 e. The highest BCUT2D eigenvalue weighted by Crippen LogP contribution is 2.24. The first-order valence-electron chi connectivity index (χ1n) is 6.68. The first-order valence-corrected chi connectivity index (χ1v) is 6.68. The monoisotopic (exact) mass is 281 g/mol. The Balaban J connectivity index is 2.81. The lowest BCUT2D eigenvalue weighted by Gasteiger charge is -2.15. The molecule has 1 aromatic rings. The molecule has 6 heteroatoms. The Morgan fingerprint density at radius 3 is 2.65 bits per heavy atom. The summed E-state index contributed by atoms with van der Waals surface area (Å²) in [4.78, 5) is 12.5. The van der Waals surface area contributed by atoms with Crippen LogP contribution < -0.4 is 10.1 Å². The van der Waals surface area contributed by atoms with Crippen molar-refractivity contribution in [2.75, 3.05) is 27.2 Å². The molecule has 1 N–H and O–H groups in total. The van der Waals surface area contributed by atoms with Gasteiger partial charge >= 0.3 is 0 Å². The normalized spacial score (nSPS) is 11.1. The molecule has 0 saturated carbocycles. The number of ether oxygens (including phenoxy) is 1. The Kier molecular flexibility index (Phi) is 6.41. The zero-order valence-electron chi connectivity index (χ0n) is 12.5. The molecule has 0 radical (unpaired) electrons. The summed E-state index contributed by atoms with van der Waals surface area (Å²) in [5, 5.41) is 14.1. The summed E-state index contributed by atoms with van der Waals surface area (Å²) >= 11 is 0. The second kappa shape index (κ2) is 7.81. The van der Waals surface area contributed by atoms with Crippen LogP contribution in [0.25, 0.3) is 0 Å². The Hall–Kier alpha value is -1.66. The van der Waals surface area contributed by atoms with E-state index in [1.807, 2.05) is 32.8 Å². The Bertz CT molecular complexity index is 447. The van der Waals surface area contributed by atoms with Crippen molar-refractivity contribution in [3.05, 3.63) is 33.9 Å². The van der Waals surface area contributed by atoms with Crippen LogP contribution in [0.4, 0.5) is 5.69 Å². The van der Waals surface area contributed by atoms with E-state index in [0.29, 0.717) is 24.9 Å². The van der Waals surface area contributed by atoms with E-state index in [1.54, 1.807) is 12.1 Å². The average Bonchev–Trinajstić information content (AvgIpc) is 2.36. The SMILES string of the molecule is CC(C)NCc1cc([N+](=O)[O-])ccc1OCCN(C)C. The van der Waals surface area contributed by atoms with E-state index in [4.69, 9.17) is 4.74 Å². The Morgan fingerprint density at radius 2 is 2.10 bits per heavy atom. The molecule has 20 heavy (non-hydrogen) atoms. The number of nitro benzene ring substituents is 1. The third-order valence-corrected chi connectivity index (χ3v) is 2.75. The van der Waals surface area contributed by atoms with Gasteiger partial charge in [-0.1, -0.05) is 13.8 Å². The van der Waals surface area contributed by atoms with E-state index in [-0.39, 0.29) is 10.6 Å². The highest BCUT2D eigenvalue weighted by molar-refractivity contribution is 5.43. The summed E-state index contributed by atoms with van der Waals surface area (Å²) in [5.41, 5.74) is 0.900. The van der Waals surface area contributed by atoms with Gasteiger partial charge in [0.2, 0.25) is 0 Å². The van der Waals surface area contributed by atoms with Crippen LogP contribution in [0.15, 0.2) is 18.2 Å². The topological polar surface area (TPSA) is 67.6 Å². The summed E-state index contributed by atoms with van der Waals surface area (Å²) in [6, 6.07) is 5.03. The van der Waals surface area contributed by atoms with Crippen LogP contribution in [0, 0.1) is 10.1 Å². The fourth-order valence-electron chi connectivity index (χ4n) is 1.61. The lowest BCUT2D eigenvalue weighted by molar-refractivity contribution is -0.384. The third kappa shape index (κ3) is 5.54. The zero-order valence-corrected chi connectivity index (χ0v) is 12.5. The molecular weight excluding hydrogens is 258 g/mol. The number of rotatable bonds is 8. The van der Waals surface area contributed by atoms with Gasteiger partial charge in [0, 0.05) is 36.8 Å². The molecule has 0 aliphatic carbocycles. The first kappa shape index (κ1) is 16.4. The highest BCUT2D eigenvalue weighted by Gasteiger charge is 2.12. The number of nitro groups is 1. The number of likely N-dealkylation sites (N-methyl/N-ethyl adjacent to an activating group) is 1. The standard InChI is InChI=1S/C14H23N3O3/c1-11(2)15-10-12-9-13(17(18)19)5-6-14(12)20-8-7-16(3)4/h5-6,9,11,15H,7-8,10H2,1-4H3. The average molecular weight is 281 g/mol. The van der Waals surface area contributed by atoms with Crippen LogP contribution in [0.5, 0.6) is 5.75 Å². The molecular formula is C14H23N3O3. The molecule has 1 rings (SSSR count). The number of hydrogen-bond acceptors (Lipinski definition) is 5. The van der Waals surface area contributed by atoms with Crippen LogP contribution in [0.3, 0.4) is 0 Å². The van der Waals surface area contributed by atoms with Crippen LogP contribution in [0.2, 0.25) is 0 Å². The summed E-state index contributed by atoms with van der Waals surface area (Å²) in [7, 11) is 3.95. The lowest BCUT2D eigenvalue weighted by atomic mass is 10.1. The van der Waals surface area contributed by atoms with E-state index in [2.05, 4.69) is 5.32 Å². The maximum absolute atomic E-state index is 10.8. The molecule has 6 nitrogen and oxygen atoms in total. The van der Waals surface area contributed by atoms with E-state index in [9.17, 15) is 10.1 Å². The van der Waals surface area contributed by atoms with Gasteiger partial charge in [0.15, 0.2) is 0 Å². The summed E-state index contributed by atoms with van der Waals surface area (Å²) in [6.07, 6.45) is 0. The van der Waals surface area contributed by atoms with E-state index >= 15 is 0 Å². The van der Waals surface area contributed by atoms with Gasteiger partial charge in [0.05, 0.1) is 4.92 Å². The van der Waals surface area contributed by atoms with Crippen LogP contribution >= 0.6 is 0 Å². The maximum atomic E-state index is 10.8. The molecule has 0 aliphatic rings. The van der Waals surface area contributed by atoms with E-state index in [1.165, 1.54) is 6.07 Å². The van der Waals surface area contributed by atoms with Gasteiger partial charge in [-0.3, -0.25) is 10.1 Å². The predicted molar refractivity (Wildman–Crippen MR) is 79.1 cm³/mol. The Morgan fingerprint density at radius 1 is 1.40 bits per heavy atom. The van der Waals surface area contributed by atoms with Crippen molar-refractivity contribution in [1.29, 1.82) is 0 Å². The van der Waals surface area contributed by atoms with Crippen molar-refractivity contribution in [1.82, 2.24) is 10.2 Å². The largest absolute Gasteiger partial charge is 0.492 e. The van der Waals surface area contributed by atoms with Crippen molar-refractivity contribution in [2.45, 2.75) is 26.4 Å². The van der Waals surface area contributed by atoms with Crippen molar-refractivity contribution < 1.29 is 9.66 Å². The molecule has 0 amide bonds. The minimum atomic E-state index is -0.386. The molecule has 0 saturated heterocycles. The number of non-ortho nitro benzene ring substituents is 1. The molecule has 0 spiro atoms. The van der Waals surface area contributed by atoms with Crippen molar-refractivity contribution >= 4 is 5.69 Å². The summed E-state index contributed by atoms with van der Waals surface area (Å²) in [5.74, 6) is 0.700. The Labute approximate surface area is 119 Å². The minimum Gasteiger partial charge on any atom is -0.492 e. The number of hydrogen-bond donors (Lipinski definition) is 1. The van der Waals surface area contributed by atoms with Gasteiger partial charge in [-0.2, -0.15) is 0 Å². The molecule has 112 valence electrons. The van der Waals surface area contributed by atoms with Crippen molar-refractivity contribution in [3.63, 3.8) is 0 Å². The first-order chi connectivity index (χ1) is 9.40. The number of nitrogens with zero attached hydrogens (tertiary/aromatic N) is 2. The fourth-order valence-corrected chi connectivity index (χ4v) is 1.61. The zero-order chi connectivity index (χ0) is 15.1. The lowest BCUT2D eigenvalue weighted by Crippen LogP contribution is -2.23. The number of nitrogens with one attached hydrogen (secondary N) is 1. The molecule has 0 bridgehead atoms. The molecule has 0 aromatic heterocycles. The van der Waals surface area contributed by atoms with Gasteiger partial charge < -0.3 is 15.0 Å². The maximum Gasteiger partial charge on any atom is 0.270 e. The van der Waals surface area contributed by atoms with Gasteiger partial charge in [0.1, 0.15) is 12.4 Å². The van der Waals surface area contributed by atoms with Crippen molar-refractivity contribution in [3.8, 4) is 5.75 Å². The molecule has 0 fully saturated rings. The minimum absolute atomic E-state index is 0.0884.